The van der Waals surface area contributed by atoms with Crippen molar-refractivity contribution in [1.29, 1.82) is 0 Å². The van der Waals surface area contributed by atoms with Gasteiger partial charge in [0, 0.05) is 74.2 Å². The van der Waals surface area contributed by atoms with Crippen molar-refractivity contribution in [2.45, 2.75) is 34.3 Å². The van der Waals surface area contributed by atoms with Crippen molar-refractivity contribution in [2.75, 3.05) is 68.0 Å². The molecule has 67 heavy (non-hydrogen) atoms. The van der Waals surface area contributed by atoms with Crippen LogP contribution in [0, 0.1) is 0 Å². The largest absolute Gasteiger partial charge is 0.461 e. The first-order valence-corrected chi connectivity index (χ1v) is 20.6. The van der Waals surface area contributed by atoms with Crippen molar-refractivity contribution < 1.29 is 66.7 Å². The summed E-state index contributed by atoms with van der Waals surface area (Å²) in [7, 11) is 1.81. The Balaban J connectivity index is 1.41. The van der Waals surface area contributed by atoms with Crippen molar-refractivity contribution in [2.24, 2.45) is 0 Å². The maximum Gasteiger partial charge on any atom is 0.411 e. The molecule has 352 valence electrons. The number of rotatable bonds is 21. The minimum Gasteiger partial charge on any atom is -0.461 e. The lowest BCUT2D eigenvalue weighted by Crippen LogP contribution is -2.19. The summed E-state index contributed by atoms with van der Waals surface area (Å²) >= 11 is 0. The Morgan fingerprint density at radius 2 is 0.642 bits per heavy atom. The smallest absolute Gasteiger partial charge is 0.411 e. The molecule has 0 spiro atoms. The highest BCUT2D eigenvalue weighted by Gasteiger charge is 2.12. The van der Waals surface area contributed by atoms with Gasteiger partial charge in [0.05, 0.1) is 0 Å². The van der Waals surface area contributed by atoms with E-state index in [1.807, 2.05) is 31.3 Å². The molecule has 0 unspecified atom stereocenters. The molecule has 4 aromatic carbocycles. The van der Waals surface area contributed by atoms with Crippen LogP contribution >= 0.6 is 0 Å². The second-order valence-corrected chi connectivity index (χ2v) is 14.4. The zero-order valence-corrected chi connectivity index (χ0v) is 37.6. The van der Waals surface area contributed by atoms with E-state index in [1.165, 1.54) is 27.7 Å². The van der Waals surface area contributed by atoms with E-state index in [4.69, 9.17) is 33.2 Å². The van der Waals surface area contributed by atoms with Crippen molar-refractivity contribution in [1.82, 2.24) is 0 Å². The fraction of sp³-hybridized carbons (Fsp3) is 0.245. The number of benzene rings is 4. The number of hydrogen-bond donors (Lipinski definition) is 4. The van der Waals surface area contributed by atoms with Crippen LogP contribution in [0.3, 0.4) is 0 Å². The Kier molecular flexibility index (Phi) is 20.7. The van der Waals surface area contributed by atoms with Gasteiger partial charge in [0.1, 0.15) is 46.2 Å². The molecule has 18 heteroatoms. The fourth-order valence-corrected chi connectivity index (χ4v) is 5.54. The van der Waals surface area contributed by atoms with Crippen LogP contribution in [0.15, 0.2) is 114 Å². The third-order valence-electron chi connectivity index (χ3n) is 8.82. The van der Waals surface area contributed by atoms with E-state index < -0.39 is 42.2 Å². The van der Waals surface area contributed by atoms with Crippen LogP contribution in [-0.4, -0.2) is 88.8 Å². The molecule has 0 saturated heterocycles. The topological polar surface area (TPSA) is 232 Å². The molecule has 18 nitrogen and oxygen atoms in total. The average molecular weight is 921 g/mol. The van der Waals surface area contributed by atoms with E-state index in [0.717, 1.165) is 11.3 Å². The second-order valence-electron chi connectivity index (χ2n) is 14.4. The summed E-state index contributed by atoms with van der Waals surface area (Å²) in [6.45, 7) is 4.26. The van der Waals surface area contributed by atoms with Gasteiger partial charge in [-0.2, -0.15) is 0 Å². The predicted octanol–water partition coefficient (Wildman–Crippen LogP) is 8.38. The van der Waals surface area contributed by atoms with E-state index in [-0.39, 0.29) is 46.2 Å². The highest BCUT2D eigenvalue weighted by Crippen LogP contribution is 2.18. The van der Waals surface area contributed by atoms with Crippen molar-refractivity contribution in [3.05, 3.63) is 136 Å². The van der Waals surface area contributed by atoms with Crippen LogP contribution in [0.25, 0.3) is 18.2 Å². The Morgan fingerprint density at radius 1 is 0.373 bits per heavy atom. The van der Waals surface area contributed by atoms with Crippen LogP contribution in [0.4, 0.5) is 37.1 Å². The highest BCUT2D eigenvalue weighted by molar-refractivity contribution is 5.86. The van der Waals surface area contributed by atoms with E-state index in [9.17, 15) is 33.6 Å². The second kappa shape index (κ2) is 27.0. The lowest BCUT2D eigenvalue weighted by molar-refractivity contribution is -0.143. The minimum atomic E-state index is -0.807. The predicted molar refractivity (Wildman–Crippen MR) is 250 cm³/mol. The first-order chi connectivity index (χ1) is 32.1. The number of carbonyl (C=O) groups is 7. The number of esters is 4. The first kappa shape index (κ1) is 51.2. The van der Waals surface area contributed by atoms with E-state index in [2.05, 4.69) is 21.3 Å². The standard InChI is InChI=1S/C49H52N4O14/c1-32(54)61-26-40(27-62-33(2)55)22-36-6-16-45(17-7-36)52-48(59)66-30-42(24-38-10-20-44(21-11-38)51-47(58)65-25-39-12-14-43(50-5)15-13-39)31-67-49(60)53-46-18-8-37(9-19-46)23-41(28-63-34(3)56)29-64-35(4)57/h6-24,50H,25-31H2,1-5H3,(H,51,58)(H,52,59)(H,53,60). The molecular formula is C49H52N4O14. The maximum absolute atomic E-state index is 13.0. The van der Waals surface area contributed by atoms with Gasteiger partial charge in [0.25, 0.3) is 0 Å². The van der Waals surface area contributed by atoms with Gasteiger partial charge in [0.15, 0.2) is 0 Å². The third kappa shape index (κ3) is 20.8. The summed E-state index contributed by atoms with van der Waals surface area (Å²) < 4.78 is 36.6. The van der Waals surface area contributed by atoms with Gasteiger partial charge >= 0.3 is 42.2 Å². The fourth-order valence-electron chi connectivity index (χ4n) is 5.54. The van der Waals surface area contributed by atoms with Crippen LogP contribution in [0.1, 0.15) is 49.9 Å². The maximum atomic E-state index is 13.0. The molecular weight excluding hydrogens is 869 g/mol. The van der Waals surface area contributed by atoms with Crippen LogP contribution in [0.2, 0.25) is 0 Å². The molecule has 4 rings (SSSR count). The third-order valence-corrected chi connectivity index (χ3v) is 8.82. The number of nitrogens with one attached hydrogen (secondary N) is 4. The zero-order chi connectivity index (χ0) is 48.6. The molecule has 4 aromatic rings. The Labute approximate surface area is 387 Å². The van der Waals surface area contributed by atoms with Crippen molar-refractivity contribution in [3.63, 3.8) is 0 Å². The summed E-state index contributed by atoms with van der Waals surface area (Å²) in [6, 6.07) is 27.4. The minimum absolute atomic E-state index is 0.0736. The lowest BCUT2D eigenvalue weighted by Gasteiger charge is -2.13. The first-order valence-electron chi connectivity index (χ1n) is 20.6. The summed E-state index contributed by atoms with van der Waals surface area (Å²) in [5.41, 5.74) is 6.42. The van der Waals surface area contributed by atoms with Crippen LogP contribution in [0.5, 0.6) is 0 Å². The summed E-state index contributed by atoms with van der Waals surface area (Å²) in [6.07, 6.45) is 2.77. The SMILES string of the molecule is CNc1ccc(COC(=O)Nc2ccc(C=C(COC(=O)Nc3ccc(C=C(COC(C)=O)COC(C)=O)cc3)COC(=O)Nc3ccc(C=C(COC(C)=O)COC(C)=O)cc3)cc2)cc1. The Morgan fingerprint density at radius 3 is 0.925 bits per heavy atom. The van der Waals surface area contributed by atoms with E-state index >= 15 is 0 Å². The van der Waals surface area contributed by atoms with E-state index in [1.54, 1.807) is 91.0 Å². The molecule has 0 bridgehead atoms. The number of amides is 3. The van der Waals surface area contributed by atoms with Gasteiger partial charge in [-0.1, -0.05) is 48.5 Å². The lowest BCUT2D eigenvalue weighted by atomic mass is 10.1. The van der Waals surface area contributed by atoms with Crippen molar-refractivity contribution in [3.8, 4) is 0 Å². The monoisotopic (exact) mass is 920 g/mol. The zero-order valence-electron chi connectivity index (χ0n) is 37.6. The normalized spacial score (nSPS) is 10.1. The summed E-state index contributed by atoms with van der Waals surface area (Å²) in [5, 5.41) is 11.0. The molecule has 4 N–H and O–H groups in total. The van der Waals surface area contributed by atoms with Gasteiger partial charge in [-0.25, -0.2) is 14.4 Å². The van der Waals surface area contributed by atoms with Crippen molar-refractivity contribution >= 4 is 83.1 Å². The Bertz CT molecular complexity index is 2270. The molecule has 3 amide bonds. The molecule has 0 fully saturated rings. The van der Waals surface area contributed by atoms with Crippen LogP contribution < -0.4 is 21.3 Å². The van der Waals surface area contributed by atoms with E-state index in [0.29, 0.717) is 50.5 Å². The van der Waals surface area contributed by atoms with Gasteiger partial charge in [-0.3, -0.25) is 35.1 Å². The number of ether oxygens (including phenoxy) is 7. The molecule has 0 saturated carbocycles. The number of anilines is 4. The molecule has 0 atom stereocenters. The summed E-state index contributed by atoms with van der Waals surface area (Å²) in [4.78, 5) is 83.8. The molecule has 0 aliphatic rings. The summed E-state index contributed by atoms with van der Waals surface area (Å²) in [5.74, 6) is -1.97. The molecule has 0 aliphatic carbocycles. The number of carbonyl (C=O) groups excluding carboxylic acids is 7. The van der Waals surface area contributed by atoms with Gasteiger partial charge in [-0.05, 0) is 89.0 Å². The van der Waals surface area contributed by atoms with Gasteiger partial charge in [-0.15, -0.1) is 0 Å². The quantitative estimate of drug-likeness (QED) is 0.0454. The molecule has 0 heterocycles. The molecule has 0 aliphatic heterocycles. The average Bonchev–Trinajstić information content (AvgIpc) is 3.30. The van der Waals surface area contributed by atoms with Gasteiger partial charge in [0.2, 0.25) is 0 Å². The Hall–Kier alpha value is -8.41. The highest BCUT2D eigenvalue weighted by atomic mass is 16.6. The number of hydrogen-bond acceptors (Lipinski definition) is 15. The van der Waals surface area contributed by atoms with Gasteiger partial charge < -0.3 is 38.5 Å². The molecule has 0 radical (unpaired) electrons. The molecule has 0 aromatic heterocycles. The van der Waals surface area contributed by atoms with Crippen LogP contribution in [-0.2, 0) is 58.9 Å².